The van der Waals surface area contributed by atoms with Crippen LogP contribution in [0.3, 0.4) is 0 Å². The van der Waals surface area contributed by atoms with Crippen LogP contribution >= 0.6 is 11.3 Å². The van der Waals surface area contributed by atoms with Crippen LogP contribution < -0.4 is 0 Å². The summed E-state index contributed by atoms with van der Waals surface area (Å²) in [5.74, 6) is 0.0527. The highest BCUT2D eigenvalue weighted by Crippen LogP contribution is 2.42. The number of thiophene rings is 1. The fourth-order valence-corrected chi connectivity index (χ4v) is 5.28. The minimum Gasteiger partial charge on any atom is -0.348 e. The number of likely N-dealkylation sites (N-methyl/N-ethyl adjacent to an activating group) is 1. The van der Waals surface area contributed by atoms with E-state index in [-0.39, 0.29) is 17.2 Å². The number of hydrogen-bond acceptors (Lipinski definition) is 5. The van der Waals surface area contributed by atoms with Crippen molar-refractivity contribution >= 4 is 23.0 Å². The summed E-state index contributed by atoms with van der Waals surface area (Å²) in [4.78, 5) is 38.0. The Morgan fingerprint density at radius 1 is 1.23 bits per heavy atom. The maximum absolute atomic E-state index is 12.8. The topological polar surface area (TPSA) is 69.3 Å². The number of fused-ring (bicyclic) bond motifs is 2. The molecule has 0 saturated carbocycles. The van der Waals surface area contributed by atoms with E-state index >= 15 is 0 Å². The molecule has 6 nitrogen and oxygen atoms in total. The van der Waals surface area contributed by atoms with E-state index in [0.29, 0.717) is 9.75 Å². The quantitative estimate of drug-likeness (QED) is 0.841. The van der Waals surface area contributed by atoms with Gasteiger partial charge in [-0.15, -0.1) is 11.3 Å². The van der Waals surface area contributed by atoms with Gasteiger partial charge in [-0.05, 0) is 38.4 Å². The van der Waals surface area contributed by atoms with Gasteiger partial charge < -0.3 is 9.88 Å². The van der Waals surface area contributed by atoms with Crippen LogP contribution in [0, 0.1) is 0 Å². The molecular formula is C19H24N4O2S. The van der Waals surface area contributed by atoms with E-state index in [1.54, 1.807) is 18.5 Å². The summed E-state index contributed by atoms with van der Waals surface area (Å²) < 4.78 is 0. The van der Waals surface area contributed by atoms with Gasteiger partial charge in [-0.25, -0.2) is 4.98 Å². The highest BCUT2D eigenvalue weighted by atomic mass is 32.1. The van der Waals surface area contributed by atoms with E-state index in [1.165, 1.54) is 29.6 Å². The third-order valence-electron chi connectivity index (χ3n) is 5.82. The second-order valence-electron chi connectivity index (χ2n) is 7.10. The Hall–Kier alpha value is -1.99. The van der Waals surface area contributed by atoms with Crippen LogP contribution in [0.4, 0.5) is 0 Å². The zero-order chi connectivity index (χ0) is 18.3. The molecular weight excluding hydrogens is 348 g/mol. The molecule has 1 amide bonds. The molecule has 2 aromatic heterocycles. The summed E-state index contributed by atoms with van der Waals surface area (Å²) in [5.41, 5.74) is 2.37. The lowest BCUT2D eigenvalue weighted by atomic mass is 9.78. The number of H-pyrrole nitrogens is 1. The zero-order valence-electron chi connectivity index (χ0n) is 15.2. The number of hydrogen-bond donors (Lipinski definition) is 1. The van der Waals surface area contributed by atoms with E-state index in [1.807, 2.05) is 4.90 Å². The summed E-state index contributed by atoms with van der Waals surface area (Å²) in [6, 6.07) is 3.53. The molecule has 0 unspecified atom stereocenters. The number of carbonyl (C=O) groups excluding carboxylic acids is 2. The fraction of sp³-hybridized carbons (Fsp3) is 0.526. The van der Waals surface area contributed by atoms with Gasteiger partial charge in [0.1, 0.15) is 0 Å². The number of carbonyl (C=O) groups is 2. The predicted octanol–water partition coefficient (Wildman–Crippen LogP) is 2.68. The zero-order valence-corrected chi connectivity index (χ0v) is 16.1. The van der Waals surface area contributed by atoms with Crippen LogP contribution in [0.1, 0.15) is 57.4 Å². The van der Waals surface area contributed by atoms with Crippen molar-refractivity contribution in [2.45, 2.75) is 38.6 Å². The maximum Gasteiger partial charge on any atom is 0.263 e. The van der Waals surface area contributed by atoms with Crippen LogP contribution in [0.5, 0.6) is 0 Å². The second-order valence-corrected chi connectivity index (χ2v) is 8.19. The van der Waals surface area contributed by atoms with Gasteiger partial charge in [0.2, 0.25) is 0 Å². The molecule has 1 fully saturated rings. The van der Waals surface area contributed by atoms with Crippen molar-refractivity contribution in [3.8, 4) is 0 Å². The van der Waals surface area contributed by atoms with E-state index < -0.39 is 0 Å². The standard InChI is InChI=1S/C19H24N4O2S/c1-3-23-9-6-14-17(21-12-20-14)19(23)7-10-22(11-8-19)18(25)16-5-4-15(26-16)13(2)24/h4-5,12H,3,6-11H2,1-2H3,(H,20,21). The van der Waals surface area contributed by atoms with Gasteiger partial charge in [0, 0.05) is 31.7 Å². The molecule has 138 valence electrons. The monoisotopic (exact) mass is 372 g/mol. The van der Waals surface area contributed by atoms with E-state index in [0.717, 1.165) is 45.4 Å². The summed E-state index contributed by atoms with van der Waals surface area (Å²) in [7, 11) is 0. The van der Waals surface area contributed by atoms with Gasteiger partial charge >= 0.3 is 0 Å². The number of aromatic amines is 1. The maximum atomic E-state index is 12.8. The van der Waals surface area contributed by atoms with Crippen molar-refractivity contribution in [1.82, 2.24) is 19.8 Å². The molecule has 0 aromatic carbocycles. The Labute approximate surface area is 157 Å². The van der Waals surface area contributed by atoms with Gasteiger partial charge in [-0.1, -0.05) is 6.92 Å². The van der Waals surface area contributed by atoms with Crippen LogP contribution in [0.25, 0.3) is 0 Å². The number of nitrogens with one attached hydrogen (secondary N) is 1. The van der Waals surface area contributed by atoms with E-state index in [4.69, 9.17) is 0 Å². The molecule has 26 heavy (non-hydrogen) atoms. The lowest BCUT2D eigenvalue weighted by molar-refractivity contribution is 0.0104. The number of Topliss-reactive ketones (excluding diaryl/α,β-unsaturated/α-hetero) is 1. The van der Waals surface area contributed by atoms with Crippen LogP contribution in [0.15, 0.2) is 18.5 Å². The first kappa shape index (κ1) is 17.4. The number of piperidine rings is 1. The second kappa shape index (κ2) is 6.63. The average Bonchev–Trinajstić information content (AvgIpc) is 3.32. The van der Waals surface area contributed by atoms with Crippen molar-refractivity contribution in [1.29, 1.82) is 0 Å². The Bertz CT molecular complexity index is 832. The molecule has 1 saturated heterocycles. The van der Waals surface area contributed by atoms with E-state index in [9.17, 15) is 9.59 Å². The van der Waals surface area contributed by atoms with Crippen LogP contribution in [0.2, 0.25) is 0 Å². The predicted molar refractivity (Wildman–Crippen MR) is 101 cm³/mol. The SMILES string of the molecule is CCN1CCc2[nH]cnc2C12CCN(C(=O)c1ccc(C(C)=O)s1)CC2. The number of imidazole rings is 1. The first-order chi connectivity index (χ1) is 12.5. The van der Waals surface area contributed by atoms with Crippen LogP contribution in [-0.4, -0.2) is 57.6 Å². The molecule has 0 atom stereocenters. The van der Waals surface area contributed by atoms with Crippen molar-refractivity contribution in [3.05, 3.63) is 39.6 Å². The number of nitrogens with zero attached hydrogens (tertiary/aromatic N) is 3. The summed E-state index contributed by atoms with van der Waals surface area (Å²) >= 11 is 1.30. The molecule has 0 radical (unpaired) electrons. The first-order valence-corrected chi connectivity index (χ1v) is 10.0. The van der Waals surface area contributed by atoms with Crippen LogP contribution in [-0.2, 0) is 12.0 Å². The molecule has 1 spiro atoms. The molecule has 0 bridgehead atoms. The molecule has 2 aliphatic heterocycles. The lowest BCUT2D eigenvalue weighted by Crippen LogP contribution is -2.57. The third-order valence-corrected chi connectivity index (χ3v) is 6.99. The Balaban J connectivity index is 1.53. The van der Waals surface area contributed by atoms with Crippen molar-refractivity contribution in [3.63, 3.8) is 0 Å². The van der Waals surface area contributed by atoms with Crippen molar-refractivity contribution in [2.75, 3.05) is 26.2 Å². The molecule has 2 aliphatic rings. The average molecular weight is 372 g/mol. The molecule has 0 aliphatic carbocycles. The fourth-order valence-electron chi connectivity index (χ4n) is 4.41. The molecule has 4 heterocycles. The largest absolute Gasteiger partial charge is 0.348 e. The van der Waals surface area contributed by atoms with Gasteiger partial charge in [-0.2, -0.15) is 0 Å². The minimum atomic E-state index is -0.0564. The molecule has 2 aromatic rings. The van der Waals surface area contributed by atoms with E-state index in [2.05, 4.69) is 21.8 Å². The number of ketones is 1. The Morgan fingerprint density at radius 3 is 2.62 bits per heavy atom. The Kier molecular flexibility index (Phi) is 4.44. The normalized spacial score (nSPS) is 19.5. The minimum absolute atomic E-state index is 0.0125. The van der Waals surface area contributed by atoms with Gasteiger partial charge in [0.05, 0.1) is 27.3 Å². The highest BCUT2D eigenvalue weighted by Gasteiger charge is 2.46. The van der Waals surface area contributed by atoms with Crippen molar-refractivity contribution < 1.29 is 9.59 Å². The van der Waals surface area contributed by atoms with Gasteiger partial charge in [0.25, 0.3) is 5.91 Å². The number of rotatable bonds is 3. The molecule has 1 N–H and O–H groups in total. The van der Waals surface area contributed by atoms with Crippen molar-refractivity contribution in [2.24, 2.45) is 0 Å². The molecule has 4 rings (SSSR count). The summed E-state index contributed by atoms with van der Waals surface area (Å²) in [5, 5.41) is 0. The molecule has 7 heteroatoms. The highest BCUT2D eigenvalue weighted by molar-refractivity contribution is 7.15. The smallest absolute Gasteiger partial charge is 0.263 e. The van der Waals surface area contributed by atoms with Gasteiger partial charge in [-0.3, -0.25) is 14.5 Å². The number of aromatic nitrogens is 2. The first-order valence-electron chi connectivity index (χ1n) is 9.23. The lowest BCUT2D eigenvalue weighted by Gasteiger charge is -2.50. The van der Waals surface area contributed by atoms with Gasteiger partial charge in [0.15, 0.2) is 5.78 Å². The summed E-state index contributed by atoms with van der Waals surface area (Å²) in [6.45, 7) is 7.20. The number of likely N-dealkylation sites (tertiary alicyclic amines) is 1. The third kappa shape index (κ3) is 2.70. The summed E-state index contributed by atoms with van der Waals surface area (Å²) in [6.07, 6.45) is 4.61. The number of amides is 1. The Morgan fingerprint density at radius 2 is 1.96 bits per heavy atom.